The van der Waals surface area contributed by atoms with Crippen LogP contribution in [0.5, 0.6) is 0 Å². The zero-order valence-electron chi connectivity index (χ0n) is 9.95. The van der Waals surface area contributed by atoms with Crippen molar-refractivity contribution in [2.45, 2.75) is 37.8 Å². The fourth-order valence-corrected chi connectivity index (χ4v) is 3.18. The van der Waals surface area contributed by atoms with Gasteiger partial charge in [0.2, 0.25) is 11.8 Å². The number of amides is 2. The van der Waals surface area contributed by atoms with E-state index < -0.39 is 0 Å². The van der Waals surface area contributed by atoms with Crippen molar-refractivity contribution in [3.63, 3.8) is 0 Å². The molecule has 0 aromatic carbocycles. The molecule has 2 N–H and O–H groups in total. The number of nitrogens with one attached hydrogen (secondary N) is 2. The Morgan fingerprint density at radius 1 is 1.24 bits per heavy atom. The first-order valence-electron chi connectivity index (χ1n) is 6.54. The molecular weight excluding hydrogens is 218 g/mol. The molecule has 0 aromatic heterocycles. The van der Waals surface area contributed by atoms with Gasteiger partial charge in [-0.25, -0.2) is 0 Å². The van der Waals surface area contributed by atoms with Crippen molar-refractivity contribution in [1.82, 2.24) is 15.5 Å². The summed E-state index contributed by atoms with van der Waals surface area (Å²) in [5, 5.41) is 6.30. The van der Waals surface area contributed by atoms with E-state index in [-0.39, 0.29) is 17.7 Å². The van der Waals surface area contributed by atoms with Crippen molar-refractivity contribution in [1.29, 1.82) is 0 Å². The molecule has 2 bridgehead atoms. The van der Waals surface area contributed by atoms with Crippen LogP contribution in [0.25, 0.3) is 0 Å². The van der Waals surface area contributed by atoms with Crippen LogP contribution in [0.2, 0.25) is 0 Å². The number of likely N-dealkylation sites (tertiary alicyclic amines) is 1. The van der Waals surface area contributed by atoms with Crippen LogP contribution < -0.4 is 10.6 Å². The molecule has 3 rings (SSSR count). The molecule has 3 fully saturated rings. The number of fused-ring (bicyclic) bond motifs is 2. The summed E-state index contributed by atoms with van der Waals surface area (Å²) in [4.78, 5) is 25.4. The molecule has 3 heterocycles. The lowest BCUT2D eigenvalue weighted by Gasteiger charge is -2.26. The Hall–Kier alpha value is -1.10. The Morgan fingerprint density at radius 3 is 2.82 bits per heavy atom. The highest BCUT2D eigenvalue weighted by molar-refractivity contribution is 5.89. The fraction of sp³-hybridized carbons (Fsp3) is 0.833. The van der Waals surface area contributed by atoms with Crippen molar-refractivity contribution in [3.8, 4) is 0 Å². The molecule has 0 saturated carbocycles. The van der Waals surface area contributed by atoms with E-state index >= 15 is 0 Å². The van der Waals surface area contributed by atoms with Crippen molar-refractivity contribution >= 4 is 11.8 Å². The molecule has 3 unspecified atom stereocenters. The van der Waals surface area contributed by atoms with E-state index in [0.717, 1.165) is 19.5 Å². The van der Waals surface area contributed by atoms with E-state index in [4.69, 9.17) is 0 Å². The molecule has 3 aliphatic rings. The monoisotopic (exact) mass is 237 g/mol. The molecule has 3 saturated heterocycles. The summed E-state index contributed by atoms with van der Waals surface area (Å²) in [7, 11) is 0. The third kappa shape index (κ3) is 2.16. The summed E-state index contributed by atoms with van der Waals surface area (Å²) in [5.41, 5.74) is 0. The Morgan fingerprint density at radius 2 is 2.06 bits per heavy atom. The summed E-state index contributed by atoms with van der Waals surface area (Å²) in [6.07, 6.45) is 3.85. The molecule has 3 aliphatic heterocycles. The van der Waals surface area contributed by atoms with E-state index in [9.17, 15) is 9.59 Å². The standard InChI is InChI=1S/C12H19N3O2/c16-11-5-8(6-13-11)12(17)15-4-3-9-1-2-10(7-15)14-9/h8-10,14H,1-7H2,(H,13,16). The lowest BCUT2D eigenvalue weighted by Crippen LogP contribution is -2.42. The zero-order chi connectivity index (χ0) is 11.8. The predicted octanol–water partition coefficient (Wildman–Crippen LogP) is -0.525. The average molecular weight is 237 g/mol. The second-order valence-electron chi connectivity index (χ2n) is 5.42. The summed E-state index contributed by atoms with van der Waals surface area (Å²) in [5.74, 6) is 0.0506. The SMILES string of the molecule is O=C1CC(C(=O)N2CCC3CCC(C2)N3)CN1. The first kappa shape index (κ1) is 11.0. The van der Waals surface area contributed by atoms with E-state index in [1.165, 1.54) is 12.8 Å². The molecule has 0 radical (unpaired) electrons. The minimum atomic E-state index is -0.126. The quantitative estimate of drug-likeness (QED) is 0.645. The largest absolute Gasteiger partial charge is 0.355 e. The van der Waals surface area contributed by atoms with Gasteiger partial charge in [0, 0.05) is 38.1 Å². The van der Waals surface area contributed by atoms with Gasteiger partial charge in [-0.05, 0) is 19.3 Å². The maximum atomic E-state index is 12.3. The Balaban J connectivity index is 1.63. The average Bonchev–Trinajstić information content (AvgIpc) is 2.84. The summed E-state index contributed by atoms with van der Waals surface area (Å²) in [6, 6.07) is 1.07. The lowest BCUT2D eigenvalue weighted by atomic mass is 10.0. The van der Waals surface area contributed by atoms with Gasteiger partial charge in [-0.2, -0.15) is 0 Å². The zero-order valence-corrected chi connectivity index (χ0v) is 9.95. The molecule has 94 valence electrons. The second-order valence-corrected chi connectivity index (χ2v) is 5.42. The number of rotatable bonds is 1. The van der Waals surface area contributed by atoms with Gasteiger partial charge in [0.05, 0.1) is 5.92 Å². The Labute approximate surface area is 101 Å². The molecule has 0 aliphatic carbocycles. The third-order valence-corrected chi connectivity index (χ3v) is 4.16. The highest BCUT2D eigenvalue weighted by atomic mass is 16.2. The van der Waals surface area contributed by atoms with Crippen LogP contribution in [0.3, 0.4) is 0 Å². The highest BCUT2D eigenvalue weighted by Gasteiger charge is 2.35. The number of hydrogen-bond donors (Lipinski definition) is 2. The van der Waals surface area contributed by atoms with Crippen LogP contribution in [0.1, 0.15) is 25.7 Å². The predicted molar refractivity (Wildman–Crippen MR) is 62.3 cm³/mol. The minimum Gasteiger partial charge on any atom is -0.355 e. The number of hydrogen-bond acceptors (Lipinski definition) is 3. The topological polar surface area (TPSA) is 61.4 Å². The van der Waals surface area contributed by atoms with Crippen LogP contribution in [0.15, 0.2) is 0 Å². The van der Waals surface area contributed by atoms with E-state index in [0.29, 0.717) is 25.0 Å². The summed E-state index contributed by atoms with van der Waals surface area (Å²) >= 11 is 0. The van der Waals surface area contributed by atoms with Gasteiger partial charge < -0.3 is 15.5 Å². The first-order chi connectivity index (χ1) is 8.22. The molecule has 17 heavy (non-hydrogen) atoms. The fourth-order valence-electron chi connectivity index (χ4n) is 3.18. The van der Waals surface area contributed by atoms with Crippen molar-refractivity contribution < 1.29 is 9.59 Å². The van der Waals surface area contributed by atoms with Crippen molar-refractivity contribution in [3.05, 3.63) is 0 Å². The van der Waals surface area contributed by atoms with Crippen LogP contribution in [0.4, 0.5) is 0 Å². The molecule has 0 aromatic rings. The highest BCUT2D eigenvalue weighted by Crippen LogP contribution is 2.22. The normalized spacial score (nSPS) is 36.8. The number of carbonyl (C=O) groups excluding carboxylic acids is 2. The maximum Gasteiger partial charge on any atom is 0.228 e. The minimum absolute atomic E-state index is 0.0119. The second kappa shape index (κ2) is 4.29. The third-order valence-electron chi connectivity index (χ3n) is 4.16. The summed E-state index contributed by atoms with van der Waals surface area (Å²) in [6.45, 7) is 2.19. The molecular formula is C12H19N3O2. The number of carbonyl (C=O) groups is 2. The molecule has 3 atom stereocenters. The van der Waals surface area contributed by atoms with E-state index in [1.807, 2.05) is 4.90 Å². The van der Waals surface area contributed by atoms with Crippen LogP contribution >= 0.6 is 0 Å². The van der Waals surface area contributed by atoms with Gasteiger partial charge in [-0.15, -0.1) is 0 Å². The van der Waals surface area contributed by atoms with E-state index in [1.54, 1.807) is 0 Å². The summed E-state index contributed by atoms with van der Waals surface area (Å²) < 4.78 is 0. The van der Waals surface area contributed by atoms with Gasteiger partial charge in [0.15, 0.2) is 0 Å². The molecule has 2 amide bonds. The smallest absolute Gasteiger partial charge is 0.228 e. The van der Waals surface area contributed by atoms with Gasteiger partial charge in [-0.1, -0.05) is 0 Å². The van der Waals surface area contributed by atoms with Gasteiger partial charge in [0.25, 0.3) is 0 Å². The van der Waals surface area contributed by atoms with E-state index in [2.05, 4.69) is 10.6 Å². The van der Waals surface area contributed by atoms with Gasteiger partial charge in [0.1, 0.15) is 0 Å². The molecule has 0 spiro atoms. The van der Waals surface area contributed by atoms with Crippen LogP contribution in [-0.2, 0) is 9.59 Å². The van der Waals surface area contributed by atoms with Gasteiger partial charge >= 0.3 is 0 Å². The van der Waals surface area contributed by atoms with Crippen molar-refractivity contribution in [2.24, 2.45) is 5.92 Å². The van der Waals surface area contributed by atoms with Crippen LogP contribution in [-0.4, -0.2) is 48.4 Å². The molecule has 5 nitrogen and oxygen atoms in total. The Bertz CT molecular complexity index is 345. The lowest BCUT2D eigenvalue weighted by molar-refractivity contribution is -0.136. The number of nitrogens with zero attached hydrogens (tertiary/aromatic N) is 1. The molecule has 5 heteroatoms. The maximum absolute atomic E-state index is 12.3. The van der Waals surface area contributed by atoms with Crippen LogP contribution in [0, 0.1) is 5.92 Å². The van der Waals surface area contributed by atoms with Crippen molar-refractivity contribution in [2.75, 3.05) is 19.6 Å². The Kier molecular flexibility index (Phi) is 2.78. The first-order valence-corrected chi connectivity index (χ1v) is 6.54. The van der Waals surface area contributed by atoms with Gasteiger partial charge in [-0.3, -0.25) is 9.59 Å².